The number of benzene rings is 2. The summed E-state index contributed by atoms with van der Waals surface area (Å²) in [5, 5.41) is 13.4. The molecule has 0 saturated carbocycles. The van der Waals surface area contributed by atoms with Crippen molar-refractivity contribution in [3.8, 4) is 0 Å². The molecule has 0 aliphatic heterocycles. The molecule has 28 heavy (non-hydrogen) atoms. The SMILES string of the molecule is Cl.O=C(NCCO)c1cc2c3ccccc3n(Cc3ccc(F)cc3)c2cn1. The topological polar surface area (TPSA) is 67.2 Å². The van der Waals surface area contributed by atoms with Crippen molar-refractivity contribution in [1.29, 1.82) is 0 Å². The van der Waals surface area contributed by atoms with Gasteiger partial charge in [-0.05, 0) is 29.8 Å². The first-order valence-corrected chi connectivity index (χ1v) is 8.68. The van der Waals surface area contributed by atoms with Gasteiger partial charge in [0.05, 0.1) is 18.3 Å². The number of fused-ring (bicyclic) bond motifs is 3. The van der Waals surface area contributed by atoms with Gasteiger partial charge in [0.25, 0.3) is 5.91 Å². The van der Waals surface area contributed by atoms with Gasteiger partial charge in [0.1, 0.15) is 11.5 Å². The number of nitrogens with one attached hydrogen (secondary N) is 1. The Balaban J connectivity index is 0.00000225. The molecule has 2 aromatic carbocycles. The Morgan fingerprint density at radius 3 is 2.57 bits per heavy atom. The standard InChI is InChI=1S/C21H18FN3O2.ClH/c22-15-7-5-14(6-8-15)13-25-19-4-2-1-3-16(19)17-11-18(24-12-20(17)25)21(27)23-9-10-26;/h1-8,11-12,26H,9-10,13H2,(H,23,27);1H. The fourth-order valence-corrected chi connectivity index (χ4v) is 3.27. The Bertz CT molecular complexity index is 1130. The van der Waals surface area contributed by atoms with Crippen LogP contribution in [0.25, 0.3) is 21.8 Å². The fourth-order valence-electron chi connectivity index (χ4n) is 3.27. The zero-order valence-corrected chi connectivity index (χ0v) is 15.7. The van der Waals surface area contributed by atoms with E-state index in [0.29, 0.717) is 12.2 Å². The van der Waals surface area contributed by atoms with Gasteiger partial charge in [0.15, 0.2) is 0 Å². The number of halogens is 2. The lowest BCUT2D eigenvalue weighted by atomic mass is 10.1. The highest BCUT2D eigenvalue weighted by Crippen LogP contribution is 2.29. The van der Waals surface area contributed by atoms with Gasteiger partial charge in [-0.25, -0.2) is 9.37 Å². The molecule has 2 N–H and O–H groups in total. The third-order valence-electron chi connectivity index (χ3n) is 4.54. The second-order valence-electron chi connectivity index (χ2n) is 6.30. The molecule has 0 aliphatic rings. The number of aliphatic hydroxyl groups is 1. The van der Waals surface area contributed by atoms with Gasteiger partial charge < -0.3 is 15.0 Å². The predicted octanol–water partition coefficient (Wildman–Crippen LogP) is 3.52. The molecule has 5 nitrogen and oxygen atoms in total. The van der Waals surface area contributed by atoms with E-state index < -0.39 is 0 Å². The number of aliphatic hydroxyl groups excluding tert-OH is 1. The van der Waals surface area contributed by atoms with Gasteiger partial charge in [-0.3, -0.25) is 4.79 Å². The Kier molecular flexibility index (Phi) is 5.92. The number of nitrogens with zero attached hydrogens (tertiary/aromatic N) is 2. The lowest BCUT2D eigenvalue weighted by molar-refractivity contribution is 0.0940. The third kappa shape index (κ3) is 3.69. The van der Waals surface area contributed by atoms with Crippen LogP contribution in [0.4, 0.5) is 4.39 Å². The maximum Gasteiger partial charge on any atom is 0.269 e. The lowest BCUT2D eigenvalue weighted by Gasteiger charge is -2.08. The molecule has 4 aromatic rings. The van der Waals surface area contributed by atoms with E-state index >= 15 is 0 Å². The molecule has 0 saturated heterocycles. The van der Waals surface area contributed by atoms with Gasteiger partial charge in [0, 0.05) is 29.4 Å². The minimum Gasteiger partial charge on any atom is -0.395 e. The fraction of sp³-hybridized carbons (Fsp3) is 0.143. The van der Waals surface area contributed by atoms with Crippen LogP contribution in [0.5, 0.6) is 0 Å². The molecule has 0 unspecified atom stereocenters. The first-order valence-electron chi connectivity index (χ1n) is 8.68. The molecule has 0 atom stereocenters. The number of carbonyl (C=O) groups is 1. The van der Waals surface area contributed by atoms with Gasteiger partial charge in [-0.1, -0.05) is 30.3 Å². The smallest absolute Gasteiger partial charge is 0.269 e. The number of amides is 1. The van der Waals surface area contributed by atoms with E-state index in [9.17, 15) is 9.18 Å². The molecule has 2 aromatic heterocycles. The van der Waals surface area contributed by atoms with Crippen LogP contribution >= 0.6 is 12.4 Å². The molecule has 0 spiro atoms. The van der Waals surface area contributed by atoms with E-state index in [2.05, 4.69) is 14.9 Å². The summed E-state index contributed by atoms with van der Waals surface area (Å²) in [7, 11) is 0. The van der Waals surface area contributed by atoms with Crippen LogP contribution in [0.2, 0.25) is 0 Å². The summed E-state index contributed by atoms with van der Waals surface area (Å²) in [6.07, 6.45) is 1.69. The van der Waals surface area contributed by atoms with Crippen LogP contribution < -0.4 is 5.32 Å². The van der Waals surface area contributed by atoms with Crippen molar-refractivity contribution in [3.05, 3.63) is 77.9 Å². The Morgan fingerprint density at radius 1 is 1.07 bits per heavy atom. The molecule has 0 aliphatic carbocycles. The van der Waals surface area contributed by atoms with Crippen LogP contribution in [0.3, 0.4) is 0 Å². The molecule has 7 heteroatoms. The molecule has 0 fully saturated rings. The molecule has 1 amide bonds. The highest BCUT2D eigenvalue weighted by Gasteiger charge is 2.14. The molecule has 2 heterocycles. The summed E-state index contributed by atoms with van der Waals surface area (Å²) in [6, 6.07) is 16.1. The summed E-state index contributed by atoms with van der Waals surface area (Å²) >= 11 is 0. The average Bonchev–Trinajstić information content (AvgIpc) is 3.01. The Morgan fingerprint density at radius 2 is 1.82 bits per heavy atom. The summed E-state index contributed by atoms with van der Waals surface area (Å²) in [4.78, 5) is 16.5. The van der Waals surface area contributed by atoms with Crippen molar-refractivity contribution in [2.75, 3.05) is 13.2 Å². The van der Waals surface area contributed by atoms with Crippen molar-refractivity contribution < 1.29 is 14.3 Å². The number of rotatable bonds is 5. The minimum absolute atomic E-state index is 0. The Labute approximate surface area is 167 Å². The van der Waals surface area contributed by atoms with Crippen LogP contribution in [-0.2, 0) is 6.54 Å². The summed E-state index contributed by atoms with van der Waals surface area (Å²) in [5.74, 6) is -0.581. The lowest BCUT2D eigenvalue weighted by Crippen LogP contribution is -2.27. The molecule has 4 rings (SSSR count). The average molecular weight is 400 g/mol. The van der Waals surface area contributed by atoms with Crippen molar-refractivity contribution in [1.82, 2.24) is 14.9 Å². The largest absolute Gasteiger partial charge is 0.395 e. The number of carbonyl (C=O) groups excluding carboxylic acids is 1. The van der Waals surface area contributed by atoms with Crippen LogP contribution in [0.1, 0.15) is 16.1 Å². The van der Waals surface area contributed by atoms with Crippen molar-refractivity contribution >= 4 is 40.1 Å². The highest BCUT2D eigenvalue weighted by atomic mass is 35.5. The maximum atomic E-state index is 13.2. The molecular formula is C21H19ClFN3O2. The number of para-hydroxylation sites is 1. The second kappa shape index (κ2) is 8.37. The number of aromatic nitrogens is 2. The number of hydrogen-bond donors (Lipinski definition) is 2. The number of pyridine rings is 1. The second-order valence-corrected chi connectivity index (χ2v) is 6.30. The monoisotopic (exact) mass is 399 g/mol. The molecule has 0 radical (unpaired) electrons. The van der Waals surface area contributed by atoms with E-state index in [1.54, 1.807) is 24.4 Å². The molecular weight excluding hydrogens is 381 g/mol. The van der Waals surface area contributed by atoms with Gasteiger partial charge in [-0.15, -0.1) is 12.4 Å². The van der Waals surface area contributed by atoms with E-state index in [-0.39, 0.29) is 37.3 Å². The van der Waals surface area contributed by atoms with Gasteiger partial charge in [0.2, 0.25) is 0 Å². The van der Waals surface area contributed by atoms with Crippen molar-refractivity contribution in [3.63, 3.8) is 0 Å². The van der Waals surface area contributed by atoms with E-state index in [4.69, 9.17) is 5.11 Å². The van der Waals surface area contributed by atoms with Crippen LogP contribution in [0, 0.1) is 5.82 Å². The predicted molar refractivity (Wildman–Crippen MR) is 109 cm³/mol. The third-order valence-corrected chi connectivity index (χ3v) is 4.54. The van der Waals surface area contributed by atoms with Gasteiger partial charge >= 0.3 is 0 Å². The number of hydrogen-bond acceptors (Lipinski definition) is 3. The summed E-state index contributed by atoms with van der Waals surface area (Å²) in [6.45, 7) is 0.637. The van der Waals surface area contributed by atoms with Gasteiger partial charge in [-0.2, -0.15) is 0 Å². The zero-order chi connectivity index (χ0) is 18.8. The van der Waals surface area contributed by atoms with E-state index in [1.165, 1.54) is 12.1 Å². The van der Waals surface area contributed by atoms with Crippen molar-refractivity contribution in [2.45, 2.75) is 6.54 Å². The van der Waals surface area contributed by atoms with Crippen LogP contribution in [0.15, 0.2) is 60.8 Å². The quantitative estimate of drug-likeness (QED) is 0.539. The summed E-state index contributed by atoms with van der Waals surface area (Å²) in [5.41, 5.74) is 3.20. The first kappa shape index (κ1) is 19.8. The molecule has 144 valence electrons. The first-order chi connectivity index (χ1) is 13.2. The maximum absolute atomic E-state index is 13.2. The Hall–Kier alpha value is -2.96. The van der Waals surface area contributed by atoms with E-state index in [1.807, 2.05) is 24.3 Å². The van der Waals surface area contributed by atoms with E-state index in [0.717, 1.165) is 27.4 Å². The van der Waals surface area contributed by atoms with Crippen LogP contribution in [-0.4, -0.2) is 33.7 Å². The highest BCUT2D eigenvalue weighted by molar-refractivity contribution is 6.09. The normalized spacial score (nSPS) is 10.8. The minimum atomic E-state index is -0.318. The molecule has 0 bridgehead atoms. The van der Waals surface area contributed by atoms with Crippen molar-refractivity contribution in [2.24, 2.45) is 0 Å². The summed E-state index contributed by atoms with van der Waals surface area (Å²) < 4.78 is 15.3. The zero-order valence-electron chi connectivity index (χ0n) is 14.9.